The third-order valence-corrected chi connectivity index (χ3v) is 2.87. The van der Waals surface area contributed by atoms with E-state index in [4.69, 9.17) is 4.74 Å². The van der Waals surface area contributed by atoms with E-state index in [9.17, 15) is 5.11 Å². The SMILES string of the molecule is OC1CCC1NCC1CCCO1. The van der Waals surface area contributed by atoms with E-state index >= 15 is 0 Å². The van der Waals surface area contributed by atoms with Gasteiger partial charge in [0.1, 0.15) is 0 Å². The van der Waals surface area contributed by atoms with Gasteiger partial charge in [0.25, 0.3) is 0 Å². The molecule has 2 N–H and O–H groups in total. The summed E-state index contributed by atoms with van der Waals surface area (Å²) >= 11 is 0. The van der Waals surface area contributed by atoms with Crippen molar-refractivity contribution in [3.8, 4) is 0 Å². The first-order valence-corrected chi connectivity index (χ1v) is 4.89. The lowest BCUT2D eigenvalue weighted by Crippen LogP contribution is -2.49. The van der Waals surface area contributed by atoms with E-state index < -0.39 is 0 Å². The average Bonchev–Trinajstić information content (AvgIpc) is 2.54. The predicted octanol–water partition coefficient (Wildman–Crippen LogP) is 0.278. The molecule has 0 aromatic heterocycles. The number of nitrogens with one attached hydrogen (secondary N) is 1. The highest BCUT2D eigenvalue weighted by molar-refractivity contribution is 4.87. The molecule has 0 bridgehead atoms. The van der Waals surface area contributed by atoms with E-state index in [-0.39, 0.29) is 6.10 Å². The van der Waals surface area contributed by atoms with Gasteiger partial charge in [-0.3, -0.25) is 0 Å². The van der Waals surface area contributed by atoms with Crippen molar-refractivity contribution in [3.05, 3.63) is 0 Å². The van der Waals surface area contributed by atoms with Gasteiger partial charge in [-0.1, -0.05) is 0 Å². The van der Waals surface area contributed by atoms with Gasteiger partial charge in [0, 0.05) is 19.2 Å². The van der Waals surface area contributed by atoms with Crippen molar-refractivity contribution in [3.63, 3.8) is 0 Å². The first-order valence-electron chi connectivity index (χ1n) is 4.89. The summed E-state index contributed by atoms with van der Waals surface area (Å²) in [5.41, 5.74) is 0. The highest BCUT2D eigenvalue weighted by Gasteiger charge is 2.29. The van der Waals surface area contributed by atoms with Crippen LogP contribution in [-0.4, -0.2) is 36.5 Å². The third-order valence-electron chi connectivity index (χ3n) is 2.87. The number of aliphatic hydroxyl groups excluding tert-OH is 1. The van der Waals surface area contributed by atoms with Crippen LogP contribution in [0.3, 0.4) is 0 Å². The number of ether oxygens (including phenoxy) is 1. The van der Waals surface area contributed by atoms with Crippen LogP contribution in [0.25, 0.3) is 0 Å². The minimum atomic E-state index is -0.105. The fourth-order valence-corrected chi connectivity index (χ4v) is 1.81. The Morgan fingerprint density at radius 3 is 2.75 bits per heavy atom. The molecule has 2 aliphatic rings. The molecule has 0 aromatic rings. The first-order chi connectivity index (χ1) is 5.86. The molecule has 0 aromatic carbocycles. The van der Waals surface area contributed by atoms with Gasteiger partial charge in [0.05, 0.1) is 12.2 Å². The van der Waals surface area contributed by atoms with Crippen molar-refractivity contribution in [1.82, 2.24) is 5.32 Å². The molecule has 12 heavy (non-hydrogen) atoms. The summed E-state index contributed by atoms with van der Waals surface area (Å²) < 4.78 is 5.46. The summed E-state index contributed by atoms with van der Waals surface area (Å²) in [6.45, 7) is 1.83. The van der Waals surface area contributed by atoms with E-state index in [1.54, 1.807) is 0 Å². The minimum Gasteiger partial charge on any atom is -0.392 e. The van der Waals surface area contributed by atoms with E-state index in [2.05, 4.69) is 5.32 Å². The minimum absolute atomic E-state index is 0.105. The molecular weight excluding hydrogens is 154 g/mol. The zero-order chi connectivity index (χ0) is 8.39. The van der Waals surface area contributed by atoms with Gasteiger partial charge in [-0.2, -0.15) is 0 Å². The van der Waals surface area contributed by atoms with Crippen molar-refractivity contribution in [2.75, 3.05) is 13.2 Å². The largest absolute Gasteiger partial charge is 0.392 e. The van der Waals surface area contributed by atoms with Crippen LogP contribution in [0, 0.1) is 0 Å². The second-order valence-electron chi connectivity index (χ2n) is 3.79. The molecule has 3 atom stereocenters. The molecule has 1 aliphatic carbocycles. The molecule has 0 spiro atoms. The van der Waals surface area contributed by atoms with Crippen molar-refractivity contribution in [2.24, 2.45) is 0 Å². The predicted molar refractivity (Wildman–Crippen MR) is 46.0 cm³/mol. The highest BCUT2D eigenvalue weighted by atomic mass is 16.5. The summed E-state index contributed by atoms with van der Waals surface area (Å²) in [6, 6.07) is 0.342. The quantitative estimate of drug-likeness (QED) is 0.641. The fraction of sp³-hybridized carbons (Fsp3) is 1.00. The Bertz CT molecular complexity index is 143. The van der Waals surface area contributed by atoms with Gasteiger partial charge in [0.2, 0.25) is 0 Å². The molecule has 0 radical (unpaired) electrons. The lowest BCUT2D eigenvalue weighted by atomic mass is 9.89. The highest BCUT2D eigenvalue weighted by Crippen LogP contribution is 2.20. The van der Waals surface area contributed by atoms with Crippen LogP contribution in [0.1, 0.15) is 25.7 Å². The molecule has 1 heterocycles. The van der Waals surface area contributed by atoms with Crippen LogP contribution in [0.2, 0.25) is 0 Å². The van der Waals surface area contributed by atoms with Crippen molar-refractivity contribution >= 4 is 0 Å². The number of hydrogen-bond acceptors (Lipinski definition) is 3. The summed E-state index contributed by atoms with van der Waals surface area (Å²) in [7, 11) is 0. The Morgan fingerprint density at radius 2 is 2.25 bits per heavy atom. The molecule has 2 fully saturated rings. The number of rotatable bonds is 3. The normalized spacial score (nSPS) is 41.2. The molecule has 1 saturated carbocycles. The van der Waals surface area contributed by atoms with E-state index in [1.807, 2.05) is 0 Å². The first kappa shape index (κ1) is 8.48. The number of hydrogen-bond donors (Lipinski definition) is 2. The molecule has 2 rings (SSSR count). The monoisotopic (exact) mass is 171 g/mol. The van der Waals surface area contributed by atoms with Crippen LogP contribution in [0.4, 0.5) is 0 Å². The Hall–Kier alpha value is -0.120. The molecule has 1 aliphatic heterocycles. The maximum absolute atomic E-state index is 9.28. The maximum Gasteiger partial charge on any atom is 0.0700 e. The molecule has 3 unspecified atom stereocenters. The Balaban J connectivity index is 1.61. The van der Waals surface area contributed by atoms with Crippen LogP contribution in [0.15, 0.2) is 0 Å². The standard InChI is InChI=1S/C9H17NO2/c11-9-4-3-8(9)10-6-7-2-1-5-12-7/h7-11H,1-6H2. The van der Waals surface area contributed by atoms with E-state index in [0.717, 1.165) is 26.0 Å². The average molecular weight is 171 g/mol. The Labute approximate surface area is 73.1 Å². The smallest absolute Gasteiger partial charge is 0.0700 e. The van der Waals surface area contributed by atoms with Crippen molar-refractivity contribution in [1.29, 1.82) is 0 Å². The lowest BCUT2D eigenvalue weighted by Gasteiger charge is -2.33. The van der Waals surface area contributed by atoms with Gasteiger partial charge < -0.3 is 15.2 Å². The van der Waals surface area contributed by atoms with Gasteiger partial charge >= 0.3 is 0 Å². The molecule has 3 heteroatoms. The van der Waals surface area contributed by atoms with Crippen LogP contribution in [-0.2, 0) is 4.74 Å². The fourth-order valence-electron chi connectivity index (χ4n) is 1.81. The molecular formula is C9H17NO2. The van der Waals surface area contributed by atoms with E-state index in [1.165, 1.54) is 12.8 Å². The second kappa shape index (κ2) is 3.73. The molecule has 3 nitrogen and oxygen atoms in total. The number of aliphatic hydroxyl groups is 1. The van der Waals surface area contributed by atoms with Crippen molar-refractivity contribution < 1.29 is 9.84 Å². The zero-order valence-corrected chi connectivity index (χ0v) is 7.33. The maximum atomic E-state index is 9.28. The summed E-state index contributed by atoms with van der Waals surface area (Å²) in [4.78, 5) is 0. The molecule has 1 saturated heterocycles. The van der Waals surface area contributed by atoms with Crippen LogP contribution < -0.4 is 5.32 Å². The van der Waals surface area contributed by atoms with Crippen molar-refractivity contribution in [2.45, 2.75) is 43.9 Å². The zero-order valence-electron chi connectivity index (χ0n) is 7.33. The second-order valence-corrected chi connectivity index (χ2v) is 3.79. The third kappa shape index (κ3) is 1.79. The van der Waals surface area contributed by atoms with Gasteiger partial charge in [-0.05, 0) is 25.7 Å². The van der Waals surface area contributed by atoms with E-state index in [0.29, 0.717) is 12.1 Å². The molecule has 70 valence electrons. The van der Waals surface area contributed by atoms with Crippen LogP contribution in [0.5, 0.6) is 0 Å². The lowest BCUT2D eigenvalue weighted by molar-refractivity contribution is 0.0375. The van der Waals surface area contributed by atoms with Gasteiger partial charge in [-0.25, -0.2) is 0 Å². The van der Waals surface area contributed by atoms with Gasteiger partial charge in [0.15, 0.2) is 0 Å². The summed E-state index contributed by atoms with van der Waals surface area (Å²) in [6.07, 6.45) is 4.75. The van der Waals surface area contributed by atoms with Crippen LogP contribution >= 0.6 is 0 Å². The Kier molecular flexibility index (Phi) is 2.63. The van der Waals surface area contributed by atoms with Gasteiger partial charge in [-0.15, -0.1) is 0 Å². The summed E-state index contributed by atoms with van der Waals surface area (Å²) in [5.74, 6) is 0. The topological polar surface area (TPSA) is 41.5 Å². The molecule has 0 amide bonds. The summed E-state index contributed by atoms with van der Waals surface area (Å²) in [5, 5.41) is 12.6. The Morgan fingerprint density at radius 1 is 1.33 bits per heavy atom.